The number of aromatic nitrogens is 3. The molecule has 31 heavy (non-hydrogen) atoms. The number of thioether (sulfide) groups is 1. The zero-order chi connectivity index (χ0) is 22.2. The average Bonchev–Trinajstić information content (AvgIpc) is 3.16. The second-order valence-corrected chi connectivity index (χ2v) is 7.71. The minimum atomic E-state index is -0.616. The van der Waals surface area contributed by atoms with Crippen molar-refractivity contribution in [3.05, 3.63) is 66.2 Å². The fraction of sp³-hybridized carbons (Fsp3) is 0.238. The Morgan fingerprint density at radius 1 is 1.13 bits per heavy atom. The van der Waals surface area contributed by atoms with Crippen LogP contribution in [-0.2, 0) is 11.4 Å². The lowest BCUT2D eigenvalue weighted by Gasteiger charge is -2.14. The molecule has 0 fully saturated rings. The van der Waals surface area contributed by atoms with E-state index in [2.05, 4.69) is 20.8 Å². The molecule has 3 amide bonds. The van der Waals surface area contributed by atoms with Crippen LogP contribution in [0.3, 0.4) is 0 Å². The van der Waals surface area contributed by atoms with Gasteiger partial charge in [-0.15, -0.1) is 10.2 Å². The van der Waals surface area contributed by atoms with Gasteiger partial charge in [0.25, 0.3) is 0 Å². The third-order valence-electron chi connectivity index (χ3n) is 4.13. The number of ether oxygens (including phenoxy) is 1. The highest BCUT2D eigenvalue weighted by atomic mass is 32.2. The van der Waals surface area contributed by atoms with Crippen molar-refractivity contribution in [1.82, 2.24) is 25.4 Å². The van der Waals surface area contributed by atoms with Gasteiger partial charge in [0.05, 0.1) is 5.25 Å². The third kappa shape index (κ3) is 5.82. The Bertz CT molecular complexity index is 1040. The average molecular weight is 444 g/mol. The summed E-state index contributed by atoms with van der Waals surface area (Å²) in [5, 5.41) is 13.0. The van der Waals surface area contributed by atoms with Crippen LogP contribution in [0.5, 0.6) is 5.75 Å². The molecule has 0 bridgehead atoms. The number of urea groups is 1. The lowest BCUT2D eigenvalue weighted by atomic mass is 10.3. The first-order valence-corrected chi connectivity index (χ1v) is 10.5. The number of nitrogens with zero attached hydrogens (tertiary/aromatic N) is 3. The van der Waals surface area contributed by atoms with E-state index in [4.69, 9.17) is 4.74 Å². The minimum Gasteiger partial charge on any atom is -0.483 e. The summed E-state index contributed by atoms with van der Waals surface area (Å²) in [4.78, 5) is 23.9. The molecule has 3 rings (SSSR count). The molecule has 0 saturated heterocycles. The van der Waals surface area contributed by atoms with Crippen molar-refractivity contribution < 1.29 is 18.7 Å². The van der Waals surface area contributed by atoms with Crippen LogP contribution in [0, 0.1) is 5.82 Å². The summed E-state index contributed by atoms with van der Waals surface area (Å²) in [6.07, 6.45) is 0. The summed E-state index contributed by atoms with van der Waals surface area (Å²) in [5.74, 6) is -0.386. The predicted molar refractivity (Wildman–Crippen MR) is 115 cm³/mol. The first-order chi connectivity index (χ1) is 15.0. The molecule has 2 aromatic carbocycles. The zero-order valence-corrected chi connectivity index (χ0v) is 17.9. The van der Waals surface area contributed by atoms with E-state index in [1.165, 1.54) is 12.1 Å². The third-order valence-corrected chi connectivity index (χ3v) is 5.18. The summed E-state index contributed by atoms with van der Waals surface area (Å²) in [5.41, 5.74) is 0.762. The van der Waals surface area contributed by atoms with E-state index in [0.717, 1.165) is 17.4 Å². The van der Waals surface area contributed by atoms with Gasteiger partial charge >= 0.3 is 6.03 Å². The number of carbonyl (C=O) groups excluding carboxylic acids is 2. The molecule has 0 aliphatic rings. The van der Waals surface area contributed by atoms with Crippen LogP contribution in [0.25, 0.3) is 5.69 Å². The van der Waals surface area contributed by atoms with Crippen molar-refractivity contribution in [2.45, 2.75) is 30.9 Å². The van der Waals surface area contributed by atoms with Gasteiger partial charge in [0.1, 0.15) is 6.61 Å². The van der Waals surface area contributed by atoms with E-state index in [1.54, 1.807) is 30.5 Å². The van der Waals surface area contributed by atoms with Gasteiger partial charge in [0.2, 0.25) is 5.91 Å². The molecule has 0 radical (unpaired) electrons. The van der Waals surface area contributed by atoms with Gasteiger partial charge in [-0.3, -0.25) is 14.7 Å². The van der Waals surface area contributed by atoms with Crippen LogP contribution in [-0.4, -0.2) is 38.5 Å². The van der Waals surface area contributed by atoms with Crippen LogP contribution in [0.2, 0.25) is 0 Å². The summed E-state index contributed by atoms with van der Waals surface area (Å²) in [7, 11) is 0. The quantitative estimate of drug-likeness (QED) is 0.519. The van der Waals surface area contributed by atoms with Crippen LogP contribution in [0.15, 0.2) is 59.8 Å². The molecule has 1 heterocycles. The Morgan fingerprint density at radius 2 is 1.84 bits per heavy atom. The number of benzene rings is 2. The molecule has 1 aromatic heterocycles. The van der Waals surface area contributed by atoms with E-state index >= 15 is 0 Å². The van der Waals surface area contributed by atoms with Gasteiger partial charge in [-0.25, -0.2) is 9.18 Å². The Labute approximate surface area is 183 Å². The molecule has 10 heteroatoms. The van der Waals surface area contributed by atoms with E-state index in [0.29, 0.717) is 17.5 Å². The summed E-state index contributed by atoms with van der Waals surface area (Å²) in [6, 6.07) is 14.9. The number of carbonyl (C=O) groups is 2. The molecule has 0 aliphatic heterocycles. The van der Waals surface area contributed by atoms with Gasteiger partial charge < -0.3 is 10.1 Å². The molecule has 0 aliphatic carbocycles. The molecule has 0 saturated carbocycles. The first kappa shape index (κ1) is 22.3. The Balaban J connectivity index is 1.81. The molecular weight excluding hydrogens is 421 g/mol. The Kier molecular flexibility index (Phi) is 7.60. The monoisotopic (exact) mass is 443 g/mol. The maximum absolute atomic E-state index is 13.9. The van der Waals surface area contributed by atoms with E-state index < -0.39 is 23.0 Å². The van der Waals surface area contributed by atoms with Gasteiger partial charge in [-0.05, 0) is 38.1 Å². The molecular formula is C21H22FN5O3S. The number of para-hydroxylation sites is 2. The normalized spacial score (nSPS) is 11.6. The first-order valence-electron chi connectivity index (χ1n) is 9.62. The highest BCUT2D eigenvalue weighted by Crippen LogP contribution is 2.26. The standard InChI is InChI=1S/C21H22FN5O3S/c1-3-23-20(29)24-19(28)14(2)31-21-26-25-18(27(21)15-9-5-4-6-10-15)13-30-17-12-8-7-11-16(17)22/h4-12,14H,3,13H2,1-2H3,(H2,23,24,28,29). The second-order valence-electron chi connectivity index (χ2n) is 6.40. The van der Waals surface area contributed by atoms with Gasteiger partial charge in [0.15, 0.2) is 22.5 Å². The molecule has 162 valence electrons. The van der Waals surface area contributed by atoms with E-state index in [1.807, 2.05) is 30.3 Å². The highest BCUT2D eigenvalue weighted by molar-refractivity contribution is 8.00. The number of hydrogen-bond donors (Lipinski definition) is 2. The molecule has 8 nitrogen and oxygen atoms in total. The SMILES string of the molecule is CCNC(=O)NC(=O)C(C)Sc1nnc(COc2ccccc2F)n1-c1ccccc1. The molecule has 3 aromatic rings. The lowest BCUT2D eigenvalue weighted by Crippen LogP contribution is -2.42. The molecule has 0 spiro atoms. The van der Waals surface area contributed by atoms with E-state index in [9.17, 15) is 14.0 Å². The number of amides is 3. The van der Waals surface area contributed by atoms with Crippen LogP contribution in [0.1, 0.15) is 19.7 Å². The van der Waals surface area contributed by atoms with Crippen molar-refractivity contribution in [2.75, 3.05) is 6.54 Å². The molecule has 2 N–H and O–H groups in total. The number of nitrogens with one attached hydrogen (secondary N) is 2. The van der Waals surface area contributed by atoms with Crippen LogP contribution in [0.4, 0.5) is 9.18 Å². The largest absolute Gasteiger partial charge is 0.483 e. The van der Waals surface area contributed by atoms with Gasteiger partial charge in [0, 0.05) is 12.2 Å². The van der Waals surface area contributed by atoms with Crippen molar-refractivity contribution in [1.29, 1.82) is 0 Å². The fourth-order valence-corrected chi connectivity index (χ4v) is 3.53. The number of rotatable bonds is 8. The highest BCUT2D eigenvalue weighted by Gasteiger charge is 2.22. The predicted octanol–water partition coefficient (Wildman–Crippen LogP) is 3.31. The smallest absolute Gasteiger partial charge is 0.321 e. The Morgan fingerprint density at radius 3 is 2.55 bits per heavy atom. The topological polar surface area (TPSA) is 98.1 Å². The van der Waals surface area contributed by atoms with Gasteiger partial charge in [-0.1, -0.05) is 42.1 Å². The molecule has 1 unspecified atom stereocenters. The van der Waals surface area contributed by atoms with Gasteiger partial charge in [-0.2, -0.15) is 0 Å². The number of hydrogen-bond acceptors (Lipinski definition) is 6. The maximum Gasteiger partial charge on any atom is 0.321 e. The fourth-order valence-electron chi connectivity index (χ4n) is 2.64. The number of imide groups is 1. The second kappa shape index (κ2) is 10.6. The zero-order valence-electron chi connectivity index (χ0n) is 17.0. The number of halogens is 1. The van der Waals surface area contributed by atoms with Crippen LogP contribution >= 0.6 is 11.8 Å². The molecule has 1 atom stereocenters. The lowest BCUT2D eigenvalue weighted by molar-refractivity contribution is -0.119. The summed E-state index contributed by atoms with van der Waals surface area (Å²) in [6.45, 7) is 3.81. The minimum absolute atomic E-state index is 0.0249. The van der Waals surface area contributed by atoms with Crippen molar-refractivity contribution in [3.63, 3.8) is 0 Å². The Hall–Kier alpha value is -3.40. The van der Waals surface area contributed by atoms with Crippen LogP contribution < -0.4 is 15.4 Å². The summed E-state index contributed by atoms with van der Waals surface area (Å²) < 4.78 is 21.2. The van der Waals surface area contributed by atoms with E-state index in [-0.39, 0.29) is 12.4 Å². The van der Waals surface area contributed by atoms with Crippen molar-refractivity contribution in [3.8, 4) is 11.4 Å². The van der Waals surface area contributed by atoms with Crippen molar-refractivity contribution in [2.24, 2.45) is 0 Å². The maximum atomic E-state index is 13.9. The summed E-state index contributed by atoms with van der Waals surface area (Å²) >= 11 is 1.15. The van der Waals surface area contributed by atoms with Crippen molar-refractivity contribution >= 4 is 23.7 Å².